The Hall–Kier alpha value is -3.33. The molecule has 0 fully saturated rings. The minimum atomic E-state index is 0.0643. The number of H-pyrrole nitrogens is 1. The number of aromatic nitrogens is 1. The lowest BCUT2D eigenvalue weighted by molar-refractivity contribution is 0.0747. The molecule has 1 amide bonds. The molecule has 1 aromatic heterocycles. The van der Waals surface area contributed by atoms with Gasteiger partial charge in [0, 0.05) is 24.2 Å². The maximum atomic E-state index is 13.8. The summed E-state index contributed by atoms with van der Waals surface area (Å²) in [6.45, 7) is 12.0. The van der Waals surface area contributed by atoms with Gasteiger partial charge in [-0.05, 0) is 54.5 Å². The summed E-state index contributed by atoms with van der Waals surface area (Å²) in [6.07, 6.45) is 0.825. The van der Waals surface area contributed by atoms with Gasteiger partial charge in [-0.3, -0.25) is 4.79 Å². The van der Waals surface area contributed by atoms with Crippen LogP contribution in [-0.2, 0) is 18.4 Å². The number of amides is 1. The van der Waals surface area contributed by atoms with E-state index < -0.39 is 0 Å². The maximum Gasteiger partial charge on any atom is 0.256 e. The molecule has 0 saturated carbocycles. The second-order valence-corrected chi connectivity index (χ2v) is 10.1. The molecule has 4 rings (SSSR count). The van der Waals surface area contributed by atoms with E-state index in [1.54, 1.807) is 0 Å². The van der Waals surface area contributed by atoms with Crippen molar-refractivity contribution >= 4 is 16.8 Å². The number of aryl methyl sites for hydroxylation is 2. The summed E-state index contributed by atoms with van der Waals surface area (Å²) in [5, 5.41) is 1.08. The topological polar surface area (TPSA) is 36.1 Å². The molecule has 3 nitrogen and oxygen atoms in total. The first kappa shape index (κ1) is 22.8. The number of rotatable bonds is 6. The van der Waals surface area contributed by atoms with Crippen molar-refractivity contribution in [3.63, 3.8) is 0 Å². The third kappa shape index (κ3) is 5.36. The van der Waals surface area contributed by atoms with Gasteiger partial charge in [-0.2, -0.15) is 0 Å². The van der Waals surface area contributed by atoms with Crippen molar-refractivity contribution in [2.75, 3.05) is 6.54 Å². The van der Waals surface area contributed by atoms with Crippen LogP contribution in [0.3, 0.4) is 0 Å². The van der Waals surface area contributed by atoms with Gasteiger partial charge in [0.1, 0.15) is 0 Å². The molecule has 33 heavy (non-hydrogen) atoms. The number of benzene rings is 3. The van der Waals surface area contributed by atoms with Gasteiger partial charge in [0.15, 0.2) is 0 Å². The smallest absolute Gasteiger partial charge is 0.256 e. The van der Waals surface area contributed by atoms with Crippen molar-refractivity contribution in [1.29, 1.82) is 0 Å². The lowest BCUT2D eigenvalue weighted by atomic mass is 9.87. The number of hydrogen-bond acceptors (Lipinski definition) is 1. The van der Waals surface area contributed by atoms with E-state index >= 15 is 0 Å². The average molecular weight is 439 g/mol. The minimum Gasteiger partial charge on any atom is -0.358 e. The van der Waals surface area contributed by atoms with Gasteiger partial charge in [0.2, 0.25) is 0 Å². The number of carbonyl (C=O) groups is 1. The van der Waals surface area contributed by atoms with Crippen LogP contribution in [-0.4, -0.2) is 22.3 Å². The van der Waals surface area contributed by atoms with Crippen LogP contribution in [0, 0.1) is 13.8 Å². The average Bonchev–Trinajstić information content (AvgIpc) is 3.17. The Morgan fingerprint density at radius 2 is 1.55 bits per heavy atom. The maximum absolute atomic E-state index is 13.8. The standard InChI is InChI=1S/C30H34N2O/c1-21-9-11-23(12-10-21)17-18-32(20-24-13-15-26(16-14-24)30(3,4)5)29(33)27-8-6-7-25-19-22(2)31-28(25)27/h6-16,19,31H,17-18,20H2,1-5H3. The second kappa shape index (κ2) is 9.27. The molecule has 3 heteroatoms. The van der Waals surface area contributed by atoms with Crippen LogP contribution in [0.5, 0.6) is 0 Å². The van der Waals surface area contributed by atoms with Crippen molar-refractivity contribution < 1.29 is 4.79 Å². The summed E-state index contributed by atoms with van der Waals surface area (Å²) in [6, 6.07) is 25.3. The molecule has 170 valence electrons. The van der Waals surface area contributed by atoms with Crippen molar-refractivity contribution in [2.24, 2.45) is 0 Å². The number of para-hydroxylation sites is 1. The number of aromatic amines is 1. The van der Waals surface area contributed by atoms with E-state index in [-0.39, 0.29) is 11.3 Å². The number of hydrogen-bond donors (Lipinski definition) is 1. The zero-order valence-electron chi connectivity index (χ0n) is 20.4. The minimum absolute atomic E-state index is 0.0643. The summed E-state index contributed by atoms with van der Waals surface area (Å²) >= 11 is 0. The van der Waals surface area contributed by atoms with Crippen molar-refractivity contribution in [3.8, 4) is 0 Å². The highest BCUT2D eigenvalue weighted by Crippen LogP contribution is 2.24. The molecular weight excluding hydrogens is 404 g/mol. The number of fused-ring (bicyclic) bond motifs is 1. The zero-order chi connectivity index (χ0) is 23.6. The fourth-order valence-electron chi connectivity index (χ4n) is 4.25. The van der Waals surface area contributed by atoms with Crippen LogP contribution in [0.1, 0.15) is 59.1 Å². The molecule has 1 heterocycles. The second-order valence-electron chi connectivity index (χ2n) is 10.1. The normalized spacial score (nSPS) is 11.7. The molecule has 0 spiro atoms. The van der Waals surface area contributed by atoms with Crippen LogP contribution in [0.25, 0.3) is 10.9 Å². The predicted molar refractivity (Wildman–Crippen MR) is 138 cm³/mol. The predicted octanol–water partition coefficient (Wildman–Crippen LogP) is 6.97. The van der Waals surface area contributed by atoms with E-state index in [1.165, 1.54) is 16.7 Å². The number of carbonyl (C=O) groups excluding carboxylic acids is 1. The molecule has 0 aliphatic rings. The molecule has 0 atom stereocenters. The molecule has 3 aromatic carbocycles. The summed E-state index contributed by atoms with van der Waals surface area (Å²) in [5.74, 6) is 0.0643. The van der Waals surface area contributed by atoms with Crippen molar-refractivity contribution in [1.82, 2.24) is 9.88 Å². The Kier molecular flexibility index (Phi) is 6.42. The zero-order valence-corrected chi connectivity index (χ0v) is 20.4. The van der Waals surface area contributed by atoms with Crippen molar-refractivity contribution in [2.45, 2.75) is 53.0 Å². The van der Waals surface area contributed by atoms with Gasteiger partial charge in [0.05, 0.1) is 11.1 Å². The lowest BCUT2D eigenvalue weighted by Gasteiger charge is -2.24. The molecule has 0 unspecified atom stereocenters. The molecular formula is C30H34N2O. The summed E-state index contributed by atoms with van der Waals surface area (Å²) in [5.41, 5.74) is 7.77. The van der Waals surface area contributed by atoms with E-state index in [2.05, 4.69) is 93.3 Å². The molecule has 0 aliphatic heterocycles. The molecule has 0 aliphatic carbocycles. The largest absolute Gasteiger partial charge is 0.358 e. The Labute approximate surface area is 197 Å². The van der Waals surface area contributed by atoms with Crippen LogP contribution in [0.15, 0.2) is 72.8 Å². The van der Waals surface area contributed by atoms with Crippen molar-refractivity contribution in [3.05, 3.63) is 106 Å². The highest BCUT2D eigenvalue weighted by atomic mass is 16.2. The highest BCUT2D eigenvalue weighted by Gasteiger charge is 2.20. The Bertz CT molecular complexity index is 1240. The Morgan fingerprint density at radius 3 is 2.21 bits per heavy atom. The molecule has 0 saturated heterocycles. The van der Waals surface area contributed by atoms with E-state index in [1.807, 2.05) is 24.0 Å². The van der Waals surface area contributed by atoms with Gasteiger partial charge in [-0.25, -0.2) is 0 Å². The quantitative estimate of drug-likeness (QED) is 0.347. The van der Waals surface area contributed by atoms with E-state index in [9.17, 15) is 4.79 Å². The van der Waals surface area contributed by atoms with E-state index in [0.717, 1.165) is 34.1 Å². The third-order valence-electron chi connectivity index (χ3n) is 6.29. The SMILES string of the molecule is Cc1ccc(CCN(Cc2ccc(C(C)(C)C)cc2)C(=O)c2cccc3cc(C)[nH]c23)cc1. The van der Waals surface area contributed by atoms with Crippen LogP contribution >= 0.6 is 0 Å². The first-order valence-corrected chi connectivity index (χ1v) is 11.7. The van der Waals surface area contributed by atoms with Gasteiger partial charge < -0.3 is 9.88 Å². The van der Waals surface area contributed by atoms with Crippen LogP contribution < -0.4 is 0 Å². The van der Waals surface area contributed by atoms with E-state index in [0.29, 0.717) is 13.1 Å². The first-order valence-electron chi connectivity index (χ1n) is 11.7. The highest BCUT2D eigenvalue weighted by molar-refractivity contribution is 6.05. The third-order valence-corrected chi connectivity index (χ3v) is 6.29. The van der Waals surface area contributed by atoms with Gasteiger partial charge >= 0.3 is 0 Å². The molecule has 4 aromatic rings. The Balaban J connectivity index is 1.62. The monoisotopic (exact) mass is 438 g/mol. The van der Waals surface area contributed by atoms with Gasteiger partial charge in [-0.15, -0.1) is 0 Å². The number of nitrogens with one attached hydrogen (secondary N) is 1. The first-order chi connectivity index (χ1) is 15.7. The van der Waals surface area contributed by atoms with Crippen LogP contribution in [0.4, 0.5) is 0 Å². The summed E-state index contributed by atoms with van der Waals surface area (Å²) in [7, 11) is 0. The molecule has 1 N–H and O–H groups in total. The van der Waals surface area contributed by atoms with Gasteiger partial charge in [0.25, 0.3) is 5.91 Å². The fraction of sp³-hybridized carbons (Fsp3) is 0.300. The Morgan fingerprint density at radius 1 is 0.879 bits per heavy atom. The molecule has 0 bridgehead atoms. The fourth-order valence-corrected chi connectivity index (χ4v) is 4.25. The summed E-state index contributed by atoms with van der Waals surface area (Å²) in [4.78, 5) is 19.1. The summed E-state index contributed by atoms with van der Waals surface area (Å²) < 4.78 is 0. The molecule has 0 radical (unpaired) electrons. The lowest BCUT2D eigenvalue weighted by Crippen LogP contribution is -2.32. The van der Waals surface area contributed by atoms with Crippen LogP contribution in [0.2, 0.25) is 0 Å². The van der Waals surface area contributed by atoms with Gasteiger partial charge in [-0.1, -0.05) is 87.0 Å². The number of nitrogens with zero attached hydrogens (tertiary/aromatic N) is 1. The van der Waals surface area contributed by atoms with E-state index in [4.69, 9.17) is 0 Å².